The maximum Gasteiger partial charge on any atom is 0.314 e. The van der Waals surface area contributed by atoms with E-state index in [0.717, 1.165) is 24.1 Å². The van der Waals surface area contributed by atoms with Gasteiger partial charge in [-0.25, -0.2) is 4.79 Å². The van der Waals surface area contributed by atoms with E-state index < -0.39 is 0 Å². The summed E-state index contributed by atoms with van der Waals surface area (Å²) >= 11 is 0. The van der Waals surface area contributed by atoms with E-state index in [9.17, 15) is 9.59 Å². The number of urea groups is 1. The van der Waals surface area contributed by atoms with Gasteiger partial charge in [0, 0.05) is 38.1 Å². The molecule has 1 fully saturated rings. The van der Waals surface area contributed by atoms with Crippen LogP contribution in [-0.4, -0.2) is 48.0 Å². The van der Waals surface area contributed by atoms with Gasteiger partial charge in [-0.3, -0.25) is 4.79 Å². The van der Waals surface area contributed by atoms with Gasteiger partial charge in [-0.2, -0.15) is 0 Å². The van der Waals surface area contributed by atoms with E-state index in [-0.39, 0.29) is 18.0 Å². The molecule has 3 amide bonds. The molecule has 0 spiro atoms. The summed E-state index contributed by atoms with van der Waals surface area (Å²) in [5.41, 5.74) is 1.63. The number of nitrogens with zero attached hydrogens (tertiary/aromatic N) is 1. The SMILES string of the molecule is CNC(=O)NC1CCN(C(=O)c2cc[nH]c2C)CC1. The Morgan fingerprint density at radius 3 is 2.58 bits per heavy atom. The van der Waals surface area contributed by atoms with Crippen LogP contribution in [0.1, 0.15) is 28.9 Å². The molecule has 1 aliphatic rings. The minimum absolute atomic E-state index is 0.0668. The second kappa shape index (κ2) is 5.77. The van der Waals surface area contributed by atoms with E-state index in [4.69, 9.17) is 0 Å². The van der Waals surface area contributed by atoms with Crippen LogP contribution in [0.2, 0.25) is 0 Å². The predicted octanol–water partition coefficient (Wildman–Crippen LogP) is 0.857. The Morgan fingerprint density at radius 1 is 1.37 bits per heavy atom. The second-order valence-electron chi connectivity index (χ2n) is 4.81. The number of carbonyl (C=O) groups excluding carboxylic acids is 2. The lowest BCUT2D eigenvalue weighted by Gasteiger charge is -2.32. The minimum atomic E-state index is -0.161. The summed E-state index contributed by atoms with van der Waals surface area (Å²) in [6, 6.07) is 1.80. The molecular formula is C13H20N4O2. The first-order chi connectivity index (χ1) is 9.11. The number of piperidine rings is 1. The molecule has 0 radical (unpaired) electrons. The van der Waals surface area contributed by atoms with Gasteiger partial charge in [-0.15, -0.1) is 0 Å². The molecule has 104 valence electrons. The number of aromatic nitrogens is 1. The van der Waals surface area contributed by atoms with Crippen molar-refractivity contribution in [2.24, 2.45) is 0 Å². The summed E-state index contributed by atoms with van der Waals surface area (Å²) in [5, 5.41) is 5.42. The maximum atomic E-state index is 12.3. The third-order valence-corrected chi connectivity index (χ3v) is 3.53. The molecule has 2 heterocycles. The first kappa shape index (κ1) is 13.5. The molecule has 3 N–H and O–H groups in total. The molecule has 19 heavy (non-hydrogen) atoms. The highest BCUT2D eigenvalue weighted by atomic mass is 16.2. The Labute approximate surface area is 112 Å². The van der Waals surface area contributed by atoms with Gasteiger partial charge in [0.1, 0.15) is 0 Å². The van der Waals surface area contributed by atoms with E-state index in [0.29, 0.717) is 13.1 Å². The van der Waals surface area contributed by atoms with Crippen molar-refractivity contribution < 1.29 is 9.59 Å². The molecule has 1 aromatic rings. The van der Waals surface area contributed by atoms with Gasteiger partial charge in [0.2, 0.25) is 0 Å². The summed E-state index contributed by atoms with van der Waals surface area (Å²) in [4.78, 5) is 28.4. The number of hydrogen-bond donors (Lipinski definition) is 3. The first-order valence-corrected chi connectivity index (χ1v) is 6.53. The molecule has 0 aromatic carbocycles. The molecule has 0 bridgehead atoms. The monoisotopic (exact) mass is 264 g/mol. The maximum absolute atomic E-state index is 12.3. The lowest BCUT2D eigenvalue weighted by atomic mass is 10.0. The van der Waals surface area contributed by atoms with Gasteiger partial charge in [0.25, 0.3) is 5.91 Å². The van der Waals surface area contributed by atoms with Gasteiger partial charge in [-0.05, 0) is 25.8 Å². The average molecular weight is 264 g/mol. The van der Waals surface area contributed by atoms with Crippen molar-refractivity contribution in [2.75, 3.05) is 20.1 Å². The Hall–Kier alpha value is -1.98. The summed E-state index contributed by atoms with van der Waals surface area (Å²) in [7, 11) is 1.60. The van der Waals surface area contributed by atoms with Crippen molar-refractivity contribution in [1.82, 2.24) is 20.5 Å². The zero-order valence-electron chi connectivity index (χ0n) is 11.3. The van der Waals surface area contributed by atoms with Crippen LogP contribution in [-0.2, 0) is 0 Å². The van der Waals surface area contributed by atoms with Crippen LogP contribution in [0, 0.1) is 6.92 Å². The number of hydrogen-bond acceptors (Lipinski definition) is 2. The van der Waals surface area contributed by atoms with Gasteiger partial charge in [0.15, 0.2) is 0 Å². The lowest BCUT2D eigenvalue weighted by molar-refractivity contribution is 0.0708. The van der Waals surface area contributed by atoms with Crippen LogP contribution in [0.3, 0.4) is 0 Å². The van der Waals surface area contributed by atoms with E-state index in [2.05, 4.69) is 15.6 Å². The molecule has 1 saturated heterocycles. The Kier molecular flexibility index (Phi) is 4.09. The fourth-order valence-corrected chi connectivity index (χ4v) is 2.34. The molecule has 1 aliphatic heterocycles. The zero-order valence-corrected chi connectivity index (χ0v) is 11.3. The molecule has 0 atom stereocenters. The van der Waals surface area contributed by atoms with E-state index in [1.54, 1.807) is 13.2 Å². The van der Waals surface area contributed by atoms with Crippen LogP contribution < -0.4 is 10.6 Å². The molecule has 0 saturated carbocycles. The zero-order chi connectivity index (χ0) is 13.8. The third-order valence-electron chi connectivity index (χ3n) is 3.53. The highest BCUT2D eigenvalue weighted by molar-refractivity contribution is 5.95. The highest BCUT2D eigenvalue weighted by Gasteiger charge is 2.25. The summed E-state index contributed by atoms with van der Waals surface area (Å²) < 4.78 is 0. The van der Waals surface area contributed by atoms with Crippen molar-refractivity contribution >= 4 is 11.9 Å². The van der Waals surface area contributed by atoms with Gasteiger partial charge < -0.3 is 20.5 Å². The second-order valence-corrected chi connectivity index (χ2v) is 4.81. The van der Waals surface area contributed by atoms with E-state index in [1.165, 1.54) is 0 Å². The van der Waals surface area contributed by atoms with Gasteiger partial charge in [-0.1, -0.05) is 0 Å². The van der Waals surface area contributed by atoms with Gasteiger partial charge in [0.05, 0.1) is 5.56 Å². The standard InChI is InChI=1S/C13H20N4O2/c1-9-11(3-6-15-9)12(18)17-7-4-10(5-8-17)16-13(19)14-2/h3,6,10,15H,4-5,7-8H2,1-2H3,(H2,14,16,19). The van der Waals surface area contributed by atoms with E-state index >= 15 is 0 Å². The van der Waals surface area contributed by atoms with Crippen molar-refractivity contribution in [3.8, 4) is 0 Å². The molecule has 0 aliphatic carbocycles. The normalized spacial score (nSPS) is 16.2. The lowest BCUT2D eigenvalue weighted by Crippen LogP contribution is -2.48. The Bertz CT molecular complexity index is 461. The number of rotatable bonds is 2. The quantitative estimate of drug-likeness (QED) is 0.741. The summed E-state index contributed by atoms with van der Waals surface area (Å²) in [6.07, 6.45) is 3.37. The molecule has 2 rings (SSSR count). The number of amides is 3. The van der Waals surface area contributed by atoms with Crippen LogP contribution in [0.15, 0.2) is 12.3 Å². The molecule has 0 unspecified atom stereocenters. The first-order valence-electron chi connectivity index (χ1n) is 6.53. The van der Waals surface area contributed by atoms with E-state index in [1.807, 2.05) is 17.9 Å². The fourth-order valence-electron chi connectivity index (χ4n) is 2.34. The smallest absolute Gasteiger partial charge is 0.314 e. The van der Waals surface area contributed by atoms with Crippen LogP contribution in [0.25, 0.3) is 0 Å². The van der Waals surface area contributed by atoms with Crippen molar-refractivity contribution in [1.29, 1.82) is 0 Å². The number of carbonyl (C=O) groups is 2. The van der Waals surface area contributed by atoms with Crippen LogP contribution in [0.5, 0.6) is 0 Å². The van der Waals surface area contributed by atoms with Crippen molar-refractivity contribution in [2.45, 2.75) is 25.8 Å². The minimum Gasteiger partial charge on any atom is -0.365 e. The third kappa shape index (κ3) is 3.07. The Balaban J connectivity index is 1.88. The number of H-pyrrole nitrogens is 1. The average Bonchev–Trinajstić information content (AvgIpc) is 2.85. The highest BCUT2D eigenvalue weighted by Crippen LogP contribution is 2.15. The predicted molar refractivity (Wildman–Crippen MR) is 72.0 cm³/mol. The summed E-state index contributed by atoms with van der Waals surface area (Å²) in [6.45, 7) is 3.25. The largest absolute Gasteiger partial charge is 0.365 e. The fraction of sp³-hybridized carbons (Fsp3) is 0.538. The number of nitrogens with one attached hydrogen (secondary N) is 3. The van der Waals surface area contributed by atoms with Crippen molar-refractivity contribution in [3.63, 3.8) is 0 Å². The molecule has 6 heteroatoms. The van der Waals surface area contributed by atoms with Crippen LogP contribution in [0.4, 0.5) is 4.79 Å². The summed E-state index contributed by atoms with van der Waals surface area (Å²) in [5.74, 6) is 0.0668. The molecular weight excluding hydrogens is 244 g/mol. The number of aromatic amines is 1. The number of likely N-dealkylation sites (tertiary alicyclic amines) is 1. The van der Waals surface area contributed by atoms with Crippen LogP contribution >= 0.6 is 0 Å². The van der Waals surface area contributed by atoms with Gasteiger partial charge >= 0.3 is 6.03 Å². The Morgan fingerprint density at radius 2 is 2.05 bits per heavy atom. The molecule has 1 aromatic heterocycles. The topological polar surface area (TPSA) is 77.2 Å². The van der Waals surface area contributed by atoms with Crippen molar-refractivity contribution in [3.05, 3.63) is 23.5 Å². The number of aryl methyl sites for hydroxylation is 1. The molecule has 6 nitrogen and oxygen atoms in total.